The van der Waals surface area contributed by atoms with Crippen LogP contribution in [-0.2, 0) is 13.1 Å². The lowest BCUT2D eigenvalue weighted by Crippen LogP contribution is -2.33. The van der Waals surface area contributed by atoms with E-state index in [2.05, 4.69) is 51.4 Å². The zero-order chi connectivity index (χ0) is 21.3. The van der Waals surface area contributed by atoms with E-state index < -0.39 is 0 Å². The first-order chi connectivity index (χ1) is 14.4. The fourth-order valence-corrected chi connectivity index (χ4v) is 5.49. The van der Waals surface area contributed by atoms with Gasteiger partial charge in [0.2, 0.25) is 0 Å². The van der Waals surface area contributed by atoms with Gasteiger partial charge in [-0.25, -0.2) is 9.97 Å². The fraction of sp³-hybridized carbons (Fsp3) is 0.458. The Hall–Kier alpha value is -2.31. The number of thiophene rings is 1. The molecule has 1 N–H and O–H groups in total. The Bertz CT molecular complexity index is 1070. The molecule has 5 nitrogen and oxygen atoms in total. The summed E-state index contributed by atoms with van der Waals surface area (Å²) < 4.78 is 0. The highest BCUT2D eigenvalue weighted by Crippen LogP contribution is 2.31. The largest absolute Gasteiger partial charge is 0.347 e. The van der Waals surface area contributed by atoms with Crippen molar-refractivity contribution in [3.8, 4) is 0 Å². The van der Waals surface area contributed by atoms with Gasteiger partial charge in [0.1, 0.15) is 10.7 Å². The van der Waals surface area contributed by atoms with E-state index in [1.165, 1.54) is 35.3 Å². The quantitative estimate of drug-likeness (QED) is 0.643. The Morgan fingerprint density at radius 3 is 2.57 bits per heavy atom. The summed E-state index contributed by atoms with van der Waals surface area (Å²) in [5, 5.41) is 4.15. The smallest absolute Gasteiger partial charge is 0.261 e. The Balaban J connectivity index is 1.48. The first-order valence-corrected chi connectivity index (χ1v) is 11.6. The van der Waals surface area contributed by atoms with Crippen molar-refractivity contribution in [2.75, 3.05) is 13.1 Å². The lowest BCUT2D eigenvalue weighted by atomic mass is 9.98. The molecule has 1 fully saturated rings. The minimum Gasteiger partial charge on any atom is -0.347 e. The van der Waals surface area contributed by atoms with Crippen molar-refractivity contribution in [1.29, 1.82) is 0 Å². The molecule has 1 saturated heterocycles. The molecule has 0 bridgehead atoms. The summed E-state index contributed by atoms with van der Waals surface area (Å²) in [6.07, 6.45) is 2.54. The van der Waals surface area contributed by atoms with Gasteiger partial charge in [-0.15, -0.1) is 11.3 Å². The van der Waals surface area contributed by atoms with Gasteiger partial charge in [-0.1, -0.05) is 31.2 Å². The number of fused-ring (bicyclic) bond motifs is 1. The van der Waals surface area contributed by atoms with Gasteiger partial charge in [0.25, 0.3) is 5.91 Å². The van der Waals surface area contributed by atoms with Crippen molar-refractivity contribution < 1.29 is 4.79 Å². The van der Waals surface area contributed by atoms with Gasteiger partial charge in [0.15, 0.2) is 0 Å². The molecule has 1 aliphatic heterocycles. The molecule has 158 valence electrons. The maximum absolute atomic E-state index is 13.0. The number of piperidine rings is 1. The van der Waals surface area contributed by atoms with E-state index >= 15 is 0 Å². The molecule has 0 unspecified atom stereocenters. The van der Waals surface area contributed by atoms with E-state index in [0.717, 1.165) is 57.7 Å². The molecule has 1 aromatic carbocycles. The summed E-state index contributed by atoms with van der Waals surface area (Å²) in [6, 6.07) is 8.45. The second-order valence-electron chi connectivity index (χ2n) is 8.50. The van der Waals surface area contributed by atoms with E-state index in [9.17, 15) is 4.79 Å². The maximum atomic E-state index is 13.0. The van der Waals surface area contributed by atoms with E-state index in [-0.39, 0.29) is 5.91 Å². The fourth-order valence-electron chi connectivity index (χ4n) is 4.29. The molecule has 0 spiro atoms. The van der Waals surface area contributed by atoms with Crippen LogP contribution in [0.2, 0.25) is 0 Å². The van der Waals surface area contributed by atoms with Crippen molar-refractivity contribution in [2.45, 2.75) is 53.6 Å². The molecule has 0 aliphatic carbocycles. The molecule has 3 heterocycles. The van der Waals surface area contributed by atoms with Gasteiger partial charge >= 0.3 is 0 Å². The van der Waals surface area contributed by atoms with Crippen molar-refractivity contribution in [3.63, 3.8) is 0 Å². The van der Waals surface area contributed by atoms with Crippen molar-refractivity contribution in [1.82, 2.24) is 20.2 Å². The summed E-state index contributed by atoms with van der Waals surface area (Å²) in [5.41, 5.74) is 4.40. The molecule has 30 heavy (non-hydrogen) atoms. The predicted octanol–water partition coefficient (Wildman–Crippen LogP) is 4.78. The molecule has 6 heteroatoms. The lowest BCUT2D eigenvalue weighted by Gasteiger charge is -2.30. The number of carbonyl (C=O) groups is 1. The number of nitrogens with one attached hydrogen (secondary N) is 1. The topological polar surface area (TPSA) is 58.1 Å². The molecular formula is C24H30N4OS. The van der Waals surface area contributed by atoms with Crippen LogP contribution >= 0.6 is 11.3 Å². The molecule has 3 aromatic rings. The van der Waals surface area contributed by atoms with Gasteiger partial charge in [0.05, 0.1) is 4.88 Å². The third kappa shape index (κ3) is 4.40. The number of amides is 1. The minimum absolute atomic E-state index is 0.0332. The van der Waals surface area contributed by atoms with Crippen LogP contribution in [0.5, 0.6) is 0 Å². The Morgan fingerprint density at radius 2 is 1.83 bits per heavy atom. The highest BCUT2D eigenvalue weighted by atomic mass is 32.1. The zero-order valence-electron chi connectivity index (χ0n) is 18.3. The van der Waals surface area contributed by atoms with Gasteiger partial charge in [0, 0.05) is 24.2 Å². The summed E-state index contributed by atoms with van der Waals surface area (Å²) in [6.45, 7) is 12.0. The molecule has 1 amide bonds. The van der Waals surface area contributed by atoms with Gasteiger partial charge in [-0.05, 0) is 69.3 Å². The van der Waals surface area contributed by atoms with Crippen LogP contribution in [-0.4, -0.2) is 33.9 Å². The van der Waals surface area contributed by atoms with Gasteiger partial charge < -0.3 is 5.32 Å². The average molecular weight is 423 g/mol. The number of carbonyl (C=O) groups excluding carboxylic acids is 1. The van der Waals surface area contributed by atoms with Crippen molar-refractivity contribution in [3.05, 3.63) is 57.4 Å². The van der Waals surface area contributed by atoms with E-state index in [1.54, 1.807) is 0 Å². The number of hydrogen-bond donors (Lipinski definition) is 1. The Kier molecular flexibility index (Phi) is 6.16. The molecule has 4 rings (SSSR count). The predicted molar refractivity (Wildman–Crippen MR) is 123 cm³/mol. The standard InChI is InChI=1S/C24H30N4OS/c1-15-9-11-28(12-10-15)14-20-8-6-5-7-19(20)13-25-23(29)22-16(2)21-17(3)26-18(4)27-24(21)30-22/h5-8,15H,9-14H2,1-4H3,(H,25,29). The Morgan fingerprint density at radius 1 is 1.13 bits per heavy atom. The number of aromatic nitrogens is 2. The highest BCUT2D eigenvalue weighted by molar-refractivity contribution is 7.20. The summed E-state index contributed by atoms with van der Waals surface area (Å²) in [4.78, 5) is 26.1. The maximum Gasteiger partial charge on any atom is 0.261 e. The van der Waals surface area contributed by atoms with Crippen LogP contribution in [0.25, 0.3) is 10.2 Å². The highest BCUT2D eigenvalue weighted by Gasteiger charge is 2.20. The SMILES string of the molecule is Cc1nc(C)c2c(C)c(C(=O)NCc3ccccc3CN3CCC(C)CC3)sc2n1. The normalized spacial score (nSPS) is 15.6. The second kappa shape index (κ2) is 8.82. The number of benzene rings is 1. The number of rotatable bonds is 5. The van der Waals surface area contributed by atoms with E-state index in [0.29, 0.717) is 6.54 Å². The number of likely N-dealkylation sites (tertiary alicyclic amines) is 1. The molecule has 0 radical (unpaired) electrons. The van der Waals surface area contributed by atoms with Gasteiger partial charge in [-0.3, -0.25) is 9.69 Å². The molecule has 0 saturated carbocycles. The number of nitrogens with zero attached hydrogens (tertiary/aromatic N) is 3. The molecule has 2 aromatic heterocycles. The first-order valence-electron chi connectivity index (χ1n) is 10.7. The third-order valence-corrected chi connectivity index (χ3v) is 7.30. The van der Waals surface area contributed by atoms with Crippen molar-refractivity contribution >= 4 is 27.5 Å². The summed E-state index contributed by atoms with van der Waals surface area (Å²) in [7, 11) is 0. The van der Waals surface area contributed by atoms with E-state index in [1.807, 2.05) is 20.8 Å². The molecule has 1 aliphatic rings. The molecule has 0 atom stereocenters. The zero-order valence-corrected chi connectivity index (χ0v) is 19.1. The molecular weight excluding hydrogens is 392 g/mol. The number of hydrogen-bond acceptors (Lipinski definition) is 5. The van der Waals surface area contributed by atoms with Gasteiger partial charge in [-0.2, -0.15) is 0 Å². The average Bonchev–Trinajstić information content (AvgIpc) is 3.05. The summed E-state index contributed by atoms with van der Waals surface area (Å²) >= 11 is 1.46. The van der Waals surface area contributed by atoms with Crippen LogP contribution in [0.3, 0.4) is 0 Å². The van der Waals surface area contributed by atoms with Crippen LogP contribution < -0.4 is 5.32 Å². The van der Waals surface area contributed by atoms with Crippen molar-refractivity contribution in [2.24, 2.45) is 5.92 Å². The number of aryl methyl sites for hydroxylation is 3. The van der Waals surface area contributed by atoms with Crippen LogP contribution in [0, 0.1) is 26.7 Å². The Labute approximate surface area is 182 Å². The van der Waals surface area contributed by atoms with Crippen LogP contribution in [0.15, 0.2) is 24.3 Å². The minimum atomic E-state index is -0.0332. The second-order valence-corrected chi connectivity index (χ2v) is 9.50. The third-order valence-electron chi connectivity index (χ3n) is 6.12. The first kappa shape index (κ1) is 20.9. The van der Waals surface area contributed by atoms with Crippen LogP contribution in [0.4, 0.5) is 0 Å². The van der Waals surface area contributed by atoms with E-state index in [4.69, 9.17) is 0 Å². The monoisotopic (exact) mass is 422 g/mol. The summed E-state index contributed by atoms with van der Waals surface area (Å²) in [5.74, 6) is 1.54. The van der Waals surface area contributed by atoms with Crippen LogP contribution in [0.1, 0.15) is 57.6 Å². The lowest BCUT2D eigenvalue weighted by molar-refractivity contribution is 0.0954.